The predicted molar refractivity (Wildman–Crippen MR) is 111 cm³/mol. The minimum Gasteiger partial charge on any atom is -0.482 e. The van der Waals surface area contributed by atoms with E-state index in [1.807, 2.05) is 39.8 Å². The summed E-state index contributed by atoms with van der Waals surface area (Å²) in [6.45, 7) is 8.51. The molecule has 1 unspecified atom stereocenters. The first-order chi connectivity index (χ1) is 13.9. The van der Waals surface area contributed by atoms with Gasteiger partial charge in [-0.25, -0.2) is 4.68 Å². The third-order valence-corrected chi connectivity index (χ3v) is 5.47. The maximum absolute atomic E-state index is 13.2. The molecule has 1 atom stereocenters. The highest BCUT2D eigenvalue weighted by molar-refractivity contribution is 6.03. The number of fused-ring (bicyclic) bond motifs is 2. The molecule has 1 amide bonds. The van der Waals surface area contributed by atoms with Crippen LogP contribution >= 0.6 is 0 Å². The summed E-state index contributed by atoms with van der Waals surface area (Å²) >= 11 is 0. The minimum absolute atomic E-state index is 0.0282. The highest BCUT2D eigenvalue weighted by Gasteiger charge is 2.27. The van der Waals surface area contributed by atoms with E-state index < -0.39 is 6.04 Å². The van der Waals surface area contributed by atoms with Gasteiger partial charge >= 0.3 is 0 Å². The number of nitrogens with zero attached hydrogens (tertiary/aromatic N) is 4. The Morgan fingerprint density at radius 3 is 2.72 bits per heavy atom. The lowest BCUT2D eigenvalue weighted by Crippen LogP contribution is -2.39. The molecule has 150 valence electrons. The average Bonchev–Trinajstić information content (AvgIpc) is 3.11. The number of aromatic nitrogens is 3. The number of ketones is 1. The van der Waals surface area contributed by atoms with E-state index in [-0.39, 0.29) is 18.3 Å². The summed E-state index contributed by atoms with van der Waals surface area (Å²) in [5.41, 5.74) is 5.03. The van der Waals surface area contributed by atoms with Crippen molar-refractivity contribution in [2.75, 3.05) is 18.1 Å². The molecule has 0 spiro atoms. The van der Waals surface area contributed by atoms with Crippen molar-refractivity contribution in [2.24, 2.45) is 0 Å². The first-order valence-electron chi connectivity index (χ1n) is 9.84. The van der Waals surface area contributed by atoms with E-state index in [0.717, 1.165) is 28.6 Å². The molecule has 0 bridgehead atoms. The minimum atomic E-state index is -0.528. The summed E-state index contributed by atoms with van der Waals surface area (Å²) in [4.78, 5) is 27.2. The van der Waals surface area contributed by atoms with E-state index in [1.54, 1.807) is 27.8 Å². The number of carbonyl (C=O) groups excluding carboxylic acids is 2. The van der Waals surface area contributed by atoms with Crippen LogP contribution in [0.2, 0.25) is 0 Å². The monoisotopic (exact) mass is 392 g/mol. The van der Waals surface area contributed by atoms with Gasteiger partial charge in [-0.3, -0.25) is 9.59 Å². The second-order valence-electron chi connectivity index (χ2n) is 7.52. The second-order valence-corrected chi connectivity index (χ2v) is 7.52. The Hall–Kier alpha value is -3.22. The molecule has 7 heteroatoms. The molecule has 0 N–H and O–H groups in total. The number of aryl methyl sites for hydroxylation is 2. The first-order valence-corrected chi connectivity index (χ1v) is 9.84. The van der Waals surface area contributed by atoms with Gasteiger partial charge < -0.3 is 9.64 Å². The fourth-order valence-electron chi connectivity index (χ4n) is 3.66. The molecule has 0 fully saturated rings. The van der Waals surface area contributed by atoms with Crippen molar-refractivity contribution in [1.29, 1.82) is 0 Å². The maximum Gasteiger partial charge on any atom is 0.265 e. The number of hydrogen-bond acceptors (Lipinski definition) is 5. The molecular weight excluding hydrogens is 368 g/mol. The lowest BCUT2D eigenvalue weighted by Gasteiger charge is -2.29. The van der Waals surface area contributed by atoms with E-state index >= 15 is 0 Å². The van der Waals surface area contributed by atoms with Crippen LogP contribution in [0.25, 0.3) is 11.0 Å². The quantitative estimate of drug-likeness (QED) is 0.620. The number of amides is 1. The third-order valence-electron chi connectivity index (χ3n) is 5.47. The van der Waals surface area contributed by atoms with E-state index in [1.165, 1.54) is 0 Å². The molecule has 0 saturated carbocycles. The van der Waals surface area contributed by atoms with Crippen molar-refractivity contribution in [3.63, 3.8) is 0 Å². The highest BCUT2D eigenvalue weighted by atomic mass is 16.5. The average molecular weight is 392 g/mol. The zero-order valence-electron chi connectivity index (χ0n) is 17.1. The van der Waals surface area contributed by atoms with Crippen LogP contribution in [0.5, 0.6) is 5.75 Å². The van der Waals surface area contributed by atoms with E-state index in [9.17, 15) is 9.59 Å². The van der Waals surface area contributed by atoms with Crippen LogP contribution in [-0.4, -0.2) is 39.8 Å². The Bertz CT molecular complexity index is 1120. The van der Waals surface area contributed by atoms with Gasteiger partial charge in [-0.15, -0.1) is 5.10 Å². The number of anilines is 1. The van der Waals surface area contributed by atoms with Gasteiger partial charge in [-0.2, -0.15) is 0 Å². The van der Waals surface area contributed by atoms with E-state index in [4.69, 9.17) is 4.74 Å². The van der Waals surface area contributed by atoms with Crippen LogP contribution in [0.15, 0.2) is 30.3 Å². The number of rotatable bonds is 5. The van der Waals surface area contributed by atoms with Gasteiger partial charge in [0, 0.05) is 12.1 Å². The molecule has 2 aromatic carbocycles. The summed E-state index contributed by atoms with van der Waals surface area (Å²) in [6.07, 6.45) is 0.823. The van der Waals surface area contributed by atoms with Gasteiger partial charge in [0.15, 0.2) is 12.4 Å². The third kappa shape index (κ3) is 3.26. The smallest absolute Gasteiger partial charge is 0.265 e. The van der Waals surface area contributed by atoms with Crippen LogP contribution in [0, 0.1) is 13.8 Å². The van der Waals surface area contributed by atoms with Crippen LogP contribution in [0.3, 0.4) is 0 Å². The summed E-state index contributed by atoms with van der Waals surface area (Å²) in [5.74, 6) is 0.442. The molecular formula is C22H24N4O3. The molecule has 29 heavy (non-hydrogen) atoms. The Balaban J connectivity index is 1.70. The summed E-state index contributed by atoms with van der Waals surface area (Å²) < 4.78 is 7.19. The summed E-state index contributed by atoms with van der Waals surface area (Å²) in [6, 6.07) is 8.71. The Labute approximate surface area is 169 Å². The van der Waals surface area contributed by atoms with Gasteiger partial charge in [0.2, 0.25) is 0 Å². The Morgan fingerprint density at radius 1 is 1.21 bits per heavy atom. The van der Waals surface area contributed by atoms with Crippen LogP contribution in [-0.2, 0) is 4.79 Å². The van der Waals surface area contributed by atoms with Crippen LogP contribution < -0.4 is 9.64 Å². The van der Waals surface area contributed by atoms with Gasteiger partial charge in [-0.1, -0.05) is 12.1 Å². The standard InChI is InChI=1S/C22H24N4O3/c1-5-8-25-19-11-16(6-7-20(19)29-12-21(25)27)22(28)15(4)26-18-10-14(3)13(2)9-17(18)23-24-26/h6-7,9-11,15H,5,8,12H2,1-4H3. The molecule has 4 rings (SSSR count). The fourth-order valence-corrected chi connectivity index (χ4v) is 3.66. The molecule has 0 radical (unpaired) electrons. The molecule has 1 aliphatic rings. The number of benzene rings is 2. The lowest BCUT2D eigenvalue weighted by atomic mass is 10.0. The molecule has 1 aromatic heterocycles. The largest absolute Gasteiger partial charge is 0.482 e. The molecule has 3 aromatic rings. The number of Topliss-reactive ketones (excluding diaryl/α,β-unsaturated/α-hetero) is 1. The fraction of sp³-hybridized carbons (Fsp3) is 0.364. The maximum atomic E-state index is 13.2. The summed E-state index contributed by atoms with van der Waals surface area (Å²) in [5, 5.41) is 8.45. The van der Waals surface area contributed by atoms with Crippen molar-refractivity contribution in [3.8, 4) is 5.75 Å². The molecule has 2 heterocycles. The van der Waals surface area contributed by atoms with Gasteiger partial charge in [0.1, 0.15) is 17.3 Å². The number of hydrogen-bond donors (Lipinski definition) is 0. The van der Waals surface area contributed by atoms with Gasteiger partial charge in [0.25, 0.3) is 5.91 Å². The van der Waals surface area contributed by atoms with Gasteiger partial charge in [0.05, 0.1) is 11.2 Å². The van der Waals surface area contributed by atoms with E-state index in [0.29, 0.717) is 23.5 Å². The Kier molecular flexibility index (Phi) is 4.82. The lowest BCUT2D eigenvalue weighted by molar-refractivity contribution is -0.121. The zero-order chi connectivity index (χ0) is 20.7. The van der Waals surface area contributed by atoms with Gasteiger partial charge in [-0.05, 0) is 68.7 Å². The molecule has 0 saturated heterocycles. The second kappa shape index (κ2) is 7.31. The van der Waals surface area contributed by atoms with Crippen molar-refractivity contribution in [3.05, 3.63) is 47.0 Å². The molecule has 0 aliphatic carbocycles. The number of carbonyl (C=O) groups is 2. The van der Waals surface area contributed by atoms with Crippen molar-refractivity contribution < 1.29 is 14.3 Å². The van der Waals surface area contributed by atoms with Crippen LogP contribution in [0.4, 0.5) is 5.69 Å². The topological polar surface area (TPSA) is 77.3 Å². The normalized spacial score (nSPS) is 14.6. The van der Waals surface area contributed by atoms with Crippen molar-refractivity contribution >= 4 is 28.4 Å². The predicted octanol–water partition coefficient (Wildman–Crippen LogP) is 3.63. The highest BCUT2D eigenvalue weighted by Crippen LogP contribution is 2.34. The van der Waals surface area contributed by atoms with Crippen molar-refractivity contribution in [1.82, 2.24) is 15.0 Å². The first kappa shape index (κ1) is 19.1. The zero-order valence-corrected chi connectivity index (χ0v) is 17.1. The Morgan fingerprint density at radius 2 is 1.97 bits per heavy atom. The number of ether oxygens (including phenoxy) is 1. The SMILES string of the molecule is CCCN1C(=O)COc2ccc(C(=O)C(C)n3nnc4cc(C)c(C)cc43)cc21. The van der Waals surface area contributed by atoms with Crippen LogP contribution in [0.1, 0.15) is 47.8 Å². The van der Waals surface area contributed by atoms with E-state index in [2.05, 4.69) is 10.3 Å². The molecule has 7 nitrogen and oxygen atoms in total. The summed E-state index contributed by atoms with van der Waals surface area (Å²) in [7, 11) is 0. The molecule has 1 aliphatic heterocycles. The van der Waals surface area contributed by atoms with Crippen molar-refractivity contribution in [2.45, 2.75) is 40.2 Å².